The second-order valence-corrected chi connectivity index (χ2v) is 6.26. The number of carbonyl (C=O) groups is 1. The van der Waals surface area contributed by atoms with E-state index in [1.54, 1.807) is 19.1 Å². The number of ether oxygens (including phenoxy) is 1. The molecule has 2 aromatic rings. The first-order chi connectivity index (χ1) is 10.1. The Morgan fingerprint density at radius 1 is 1.57 bits per heavy atom. The standard InChI is InChI=1S/C15H13ClFNO2S/c1-2-20-15(19)9-6-7-11-13(9)18-14(21-11)8-4-3-5-10(16)12(8)17/h3-5,9H,2,6-7H2,1H3. The molecule has 3 nitrogen and oxygen atoms in total. The van der Waals surface area contributed by atoms with Crippen LogP contribution in [0.4, 0.5) is 4.39 Å². The largest absolute Gasteiger partial charge is 0.465 e. The van der Waals surface area contributed by atoms with Crippen LogP contribution in [-0.4, -0.2) is 17.6 Å². The van der Waals surface area contributed by atoms with Crippen LogP contribution in [0.25, 0.3) is 10.6 Å². The Morgan fingerprint density at radius 2 is 2.38 bits per heavy atom. The summed E-state index contributed by atoms with van der Waals surface area (Å²) in [5.41, 5.74) is 1.11. The molecule has 1 aromatic carbocycles. The lowest BCUT2D eigenvalue weighted by Crippen LogP contribution is -2.14. The molecular weight excluding hydrogens is 313 g/mol. The maximum absolute atomic E-state index is 14.1. The predicted molar refractivity (Wildman–Crippen MR) is 80.2 cm³/mol. The van der Waals surface area contributed by atoms with Gasteiger partial charge in [-0.2, -0.15) is 0 Å². The Bertz CT molecular complexity index is 701. The first kappa shape index (κ1) is 14.5. The van der Waals surface area contributed by atoms with E-state index in [0.717, 1.165) is 17.0 Å². The average Bonchev–Trinajstić information content (AvgIpc) is 3.01. The molecule has 0 amide bonds. The van der Waals surface area contributed by atoms with E-state index in [1.807, 2.05) is 0 Å². The third-order valence-electron chi connectivity index (χ3n) is 3.47. The number of hydrogen-bond donors (Lipinski definition) is 0. The third kappa shape index (κ3) is 2.56. The molecule has 0 N–H and O–H groups in total. The Morgan fingerprint density at radius 3 is 3.14 bits per heavy atom. The first-order valence-electron chi connectivity index (χ1n) is 6.72. The van der Waals surface area contributed by atoms with Crippen molar-refractivity contribution in [2.45, 2.75) is 25.7 Å². The van der Waals surface area contributed by atoms with Crippen LogP contribution in [0.5, 0.6) is 0 Å². The number of halogens is 2. The van der Waals surface area contributed by atoms with E-state index in [4.69, 9.17) is 16.3 Å². The van der Waals surface area contributed by atoms with E-state index >= 15 is 0 Å². The number of aromatic nitrogens is 1. The van der Waals surface area contributed by atoms with Gasteiger partial charge in [-0.05, 0) is 31.9 Å². The summed E-state index contributed by atoms with van der Waals surface area (Å²) in [4.78, 5) is 17.4. The summed E-state index contributed by atoms with van der Waals surface area (Å²) in [6.45, 7) is 2.13. The molecule has 0 radical (unpaired) electrons. The van der Waals surface area contributed by atoms with Crippen molar-refractivity contribution in [2.75, 3.05) is 6.61 Å². The number of benzene rings is 1. The van der Waals surface area contributed by atoms with E-state index in [2.05, 4.69) is 4.98 Å². The molecule has 1 unspecified atom stereocenters. The number of rotatable bonds is 3. The van der Waals surface area contributed by atoms with Gasteiger partial charge in [-0.3, -0.25) is 4.79 Å². The minimum absolute atomic E-state index is 0.0739. The summed E-state index contributed by atoms with van der Waals surface area (Å²) in [5, 5.41) is 0.638. The van der Waals surface area contributed by atoms with Gasteiger partial charge >= 0.3 is 5.97 Å². The van der Waals surface area contributed by atoms with E-state index in [9.17, 15) is 9.18 Å². The molecular formula is C15H13ClFNO2S. The molecule has 1 atom stereocenters. The number of hydrogen-bond acceptors (Lipinski definition) is 4. The fraction of sp³-hybridized carbons (Fsp3) is 0.333. The lowest BCUT2D eigenvalue weighted by atomic mass is 10.1. The third-order valence-corrected chi connectivity index (χ3v) is 4.93. The topological polar surface area (TPSA) is 39.2 Å². The quantitative estimate of drug-likeness (QED) is 0.794. The molecule has 0 saturated heterocycles. The molecule has 3 rings (SSSR count). The van der Waals surface area contributed by atoms with Crippen molar-refractivity contribution >= 4 is 28.9 Å². The highest BCUT2D eigenvalue weighted by Crippen LogP contribution is 2.41. The first-order valence-corrected chi connectivity index (χ1v) is 7.92. The highest BCUT2D eigenvalue weighted by molar-refractivity contribution is 7.15. The van der Waals surface area contributed by atoms with Gasteiger partial charge in [-0.1, -0.05) is 17.7 Å². The smallest absolute Gasteiger partial charge is 0.315 e. The lowest BCUT2D eigenvalue weighted by molar-refractivity contribution is -0.145. The zero-order valence-electron chi connectivity index (χ0n) is 11.4. The normalized spacial score (nSPS) is 16.8. The number of fused-ring (bicyclic) bond motifs is 1. The molecule has 1 aliphatic carbocycles. The maximum Gasteiger partial charge on any atom is 0.315 e. The van der Waals surface area contributed by atoms with Gasteiger partial charge in [-0.15, -0.1) is 11.3 Å². The Balaban J connectivity index is 1.97. The minimum Gasteiger partial charge on any atom is -0.465 e. The zero-order chi connectivity index (χ0) is 15.0. The average molecular weight is 326 g/mol. The van der Waals surface area contributed by atoms with Crippen molar-refractivity contribution in [3.05, 3.63) is 39.6 Å². The Labute approximate surface area is 130 Å². The van der Waals surface area contributed by atoms with Crippen molar-refractivity contribution in [1.29, 1.82) is 0 Å². The lowest BCUT2D eigenvalue weighted by Gasteiger charge is -2.08. The van der Waals surface area contributed by atoms with Crippen molar-refractivity contribution in [3.8, 4) is 10.6 Å². The summed E-state index contributed by atoms with van der Waals surface area (Å²) in [6.07, 6.45) is 1.49. The van der Waals surface area contributed by atoms with Crippen LogP contribution in [0.2, 0.25) is 5.02 Å². The van der Waals surface area contributed by atoms with E-state index < -0.39 is 5.82 Å². The molecule has 21 heavy (non-hydrogen) atoms. The summed E-state index contributed by atoms with van der Waals surface area (Å²) in [7, 11) is 0. The highest BCUT2D eigenvalue weighted by atomic mass is 35.5. The van der Waals surface area contributed by atoms with Crippen LogP contribution < -0.4 is 0 Å². The predicted octanol–water partition coefficient (Wildman–Crippen LogP) is 4.20. The SMILES string of the molecule is CCOC(=O)C1CCc2sc(-c3cccc(Cl)c3F)nc21. The second kappa shape index (κ2) is 5.73. The van der Waals surface area contributed by atoms with Gasteiger partial charge < -0.3 is 4.74 Å². The Hall–Kier alpha value is -1.46. The van der Waals surface area contributed by atoms with Crippen LogP contribution in [0.15, 0.2) is 18.2 Å². The van der Waals surface area contributed by atoms with E-state index in [1.165, 1.54) is 17.4 Å². The number of thiazole rings is 1. The highest BCUT2D eigenvalue weighted by Gasteiger charge is 2.34. The van der Waals surface area contributed by atoms with Gasteiger partial charge in [0.25, 0.3) is 0 Å². The monoisotopic (exact) mass is 325 g/mol. The molecule has 1 aromatic heterocycles. The molecule has 0 spiro atoms. The van der Waals surface area contributed by atoms with E-state index in [0.29, 0.717) is 23.6 Å². The summed E-state index contributed by atoms with van der Waals surface area (Å²) < 4.78 is 19.1. The Kier molecular flexibility index (Phi) is 3.95. The van der Waals surface area contributed by atoms with Gasteiger partial charge in [0.1, 0.15) is 10.9 Å². The summed E-state index contributed by atoms with van der Waals surface area (Å²) >= 11 is 7.23. The molecule has 0 fully saturated rings. The van der Waals surface area contributed by atoms with Crippen molar-refractivity contribution in [3.63, 3.8) is 0 Å². The van der Waals surface area contributed by atoms with Gasteiger partial charge in [0.05, 0.1) is 17.3 Å². The molecule has 0 aliphatic heterocycles. The number of esters is 1. The molecule has 0 saturated carbocycles. The molecule has 1 aliphatic rings. The maximum atomic E-state index is 14.1. The molecule has 0 bridgehead atoms. The molecule has 6 heteroatoms. The van der Waals surface area contributed by atoms with Gasteiger partial charge in [0, 0.05) is 10.4 Å². The van der Waals surface area contributed by atoms with Crippen LogP contribution >= 0.6 is 22.9 Å². The van der Waals surface area contributed by atoms with Crippen molar-refractivity contribution in [1.82, 2.24) is 4.98 Å². The molecule has 1 heterocycles. The van der Waals surface area contributed by atoms with Crippen LogP contribution in [0.3, 0.4) is 0 Å². The minimum atomic E-state index is -0.473. The zero-order valence-corrected chi connectivity index (χ0v) is 12.9. The number of nitrogens with zero attached hydrogens (tertiary/aromatic N) is 1. The van der Waals surface area contributed by atoms with Crippen LogP contribution in [-0.2, 0) is 16.0 Å². The molecule has 110 valence electrons. The van der Waals surface area contributed by atoms with Gasteiger partial charge in [0.15, 0.2) is 5.82 Å². The van der Waals surface area contributed by atoms with Crippen molar-refractivity contribution in [2.24, 2.45) is 0 Å². The van der Waals surface area contributed by atoms with Crippen LogP contribution in [0, 0.1) is 5.82 Å². The second-order valence-electron chi connectivity index (χ2n) is 4.77. The van der Waals surface area contributed by atoms with E-state index in [-0.39, 0.29) is 16.9 Å². The summed E-state index contributed by atoms with van der Waals surface area (Å²) in [5.74, 6) is -1.05. The fourth-order valence-corrected chi connectivity index (χ4v) is 3.82. The number of aryl methyl sites for hydroxylation is 1. The fourth-order valence-electron chi connectivity index (χ4n) is 2.48. The van der Waals surface area contributed by atoms with Crippen molar-refractivity contribution < 1.29 is 13.9 Å². The van der Waals surface area contributed by atoms with Gasteiger partial charge in [-0.25, -0.2) is 9.37 Å². The van der Waals surface area contributed by atoms with Gasteiger partial charge in [0.2, 0.25) is 0 Å². The van der Waals surface area contributed by atoms with Crippen LogP contribution in [0.1, 0.15) is 29.8 Å². The summed E-state index contributed by atoms with van der Waals surface area (Å²) in [6, 6.07) is 4.84. The number of carbonyl (C=O) groups excluding carboxylic acids is 1.